The first-order chi connectivity index (χ1) is 13.7. The average Bonchev–Trinajstić information content (AvgIpc) is 2.75. The number of nitrogens with zero attached hydrogens (tertiary/aromatic N) is 4. The molecule has 4 rings (SSSR count). The van der Waals surface area contributed by atoms with Gasteiger partial charge >= 0.3 is 0 Å². The molecule has 1 aliphatic heterocycles. The number of anilines is 2. The van der Waals surface area contributed by atoms with Gasteiger partial charge in [-0.1, -0.05) is 12.1 Å². The van der Waals surface area contributed by atoms with Crippen LogP contribution in [0.25, 0.3) is 11.3 Å². The summed E-state index contributed by atoms with van der Waals surface area (Å²) in [6.07, 6.45) is 3.68. The molecule has 0 spiro atoms. The number of rotatable bonds is 4. The molecule has 2 aromatic heterocycles. The van der Waals surface area contributed by atoms with E-state index in [-0.39, 0.29) is 11.3 Å². The highest BCUT2D eigenvalue weighted by Crippen LogP contribution is 2.22. The van der Waals surface area contributed by atoms with E-state index in [1.54, 1.807) is 12.1 Å². The highest BCUT2D eigenvalue weighted by atomic mass is 16.2. The number of H-pyrrole nitrogens is 1. The third kappa shape index (κ3) is 4.06. The number of amides is 1. The summed E-state index contributed by atoms with van der Waals surface area (Å²) in [7, 11) is 0. The minimum atomic E-state index is -0.394. The van der Waals surface area contributed by atoms with Gasteiger partial charge in [0.1, 0.15) is 5.69 Å². The number of carbonyl (C=O) groups is 1. The molecule has 1 aliphatic rings. The van der Waals surface area contributed by atoms with E-state index in [9.17, 15) is 9.59 Å². The standard InChI is InChI=1S/C20H20N6O2/c27-19-11-9-17(23-25-19)20(28)21-15-6-4-14(5-7-15)16-8-10-18(24-22-16)26-12-2-1-3-13-26/h4-11H,1-3,12-13H2,(H,21,28)(H,25,27). The summed E-state index contributed by atoms with van der Waals surface area (Å²) in [5, 5.41) is 17.4. The van der Waals surface area contributed by atoms with Crippen LogP contribution in [-0.4, -0.2) is 39.4 Å². The average molecular weight is 376 g/mol. The molecule has 0 unspecified atom stereocenters. The first kappa shape index (κ1) is 17.8. The van der Waals surface area contributed by atoms with Crippen LogP contribution in [0.2, 0.25) is 0 Å². The molecule has 2 N–H and O–H groups in total. The molecule has 3 aromatic rings. The minimum Gasteiger partial charge on any atom is -0.355 e. The maximum atomic E-state index is 12.1. The van der Waals surface area contributed by atoms with Crippen molar-refractivity contribution in [3.05, 3.63) is 64.6 Å². The van der Waals surface area contributed by atoms with Gasteiger partial charge in [-0.25, -0.2) is 5.10 Å². The summed E-state index contributed by atoms with van der Waals surface area (Å²) in [5.74, 6) is 0.524. The van der Waals surface area contributed by atoms with Crippen LogP contribution >= 0.6 is 0 Å². The van der Waals surface area contributed by atoms with Gasteiger partial charge in [-0.05, 0) is 49.6 Å². The van der Waals surface area contributed by atoms with Crippen molar-refractivity contribution in [2.45, 2.75) is 19.3 Å². The summed E-state index contributed by atoms with van der Waals surface area (Å²) in [6.45, 7) is 2.07. The number of aromatic nitrogens is 4. The Bertz CT molecular complexity index is 988. The van der Waals surface area contributed by atoms with Gasteiger partial charge in [0.2, 0.25) is 0 Å². The Morgan fingerprint density at radius 3 is 2.36 bits per heavy atom. The van der Waals surface area contributed by atoms with E-state index in [2.05, 4.69) is 30.6 Å². The smallest absolute Gasteiger partial charge is 0.276 e. The SMILES string of the molecule is O=C(Nc1ccc(-c2ccc(N3CCCCC3)nn2)cc1)c1ccc(=O)[nH]n1. The number of benzene rings is 1. The Morgan fingerprint density at radius 1 is 0.929 bits per heavy atom. The van der Waals surface area contributed by atoms with Crippen molar-refractivity contribution in [1.29, 1.82) is 0 Å². The summed E-state index contributed by atoms with van der Waals surface area (Å²) < 4.78 is 0. The lowest BCUT2D eigenvalue weighted by Gasteiger charge is -2.27. The number of hydrogen-bond acceptors (Lipinski definition) is 6. The molecule has 1 fully saturated rings. The molecule has 8 heteroatoms. The summed E-state index contributed by atoms with van der Waals surface area (Å²) >= 11 is 0. The van der Waals surface area contributed by atoms with Crippen molar-refractivity contribution in [3.8, 4) is 11.3 Å². The highest BCUT2D eigenvalue weighted by molar-refractivity contribution is 6.02. The molecule has 0 radical (unpaired) electrons. The summed E-state index contributed by atoms with van der Waals surface area (Å²) in [6, 6.07) is 13.9. The third-order valence-corrected chi connectivity index (χ3v) is 4.68. The molecule has 1 amide bonds. The topological polar surface area (TPSA) is 104 Å². The molecule has 142 valence electrons. The molecule has 28 heavy (non-hydrogen) atoms. The minimum absolute atomic E-state index is 0.142. The molecule has 8 nitrogen and oxygen atoms in total. The van der Waals surface area contributed by atoms with Gasteiger partial charge in [-0.15, -0.1) is 10.2 Å². The lowest BCUT2D eigenvalue weighted by atomic mass is 10.1. The maximum absolute atomic E-state index is 12.1. The fourth-order valence-electron chi connectivity index (χ4n) is 3.16. The van der Waals surface area contributed by atoms with Crippen LogP contribution in [0.1, 0.15) is 29.8 Å². The molecular formula is C20H20N6O2. The number of aromatic amines is 1. The van der Waals surface area contributed by atoms with Crippen LogP contribution in [0, 0.1) is 0 Å². The number of carbonyl (C=O) groups excluding carboxylic acids is 1. The van der Waals surface area contributed by atoms with Gasteiger partial charge in [-0.3, -0.25) is 9.59 Å². The van der Waals surface area contributed by atoms with E-state index in [0.717, 1.165) is 30.2 Å². The molecule has 0 aliphatic carbocycles. The molecular weight excluding hydrogens is 356 g/mol. The Morgan fingerprint density at radius 2 is 1.71 bits per heavy atom. The van der Waals surface area contributed by atoms with Crippen LogP contribution in [0.15, 0.2) is 53.3 Å². The maximum Gasteiger partial charge on any atom is 0.276 e. The zero-order valence-corrected chi connectivity index (χ0v) is 15.3. The van der Waals surface area contributed by atoms with E-state index in [1.807, 2.05) is 24.3 Å². The van der Waals surface area contributed by atoms with E-state index in [0.29, 0.717) is 5.69 Å². The van der Waals surface area contributed by atoms with Crippen molar-refractivity contribution in [1.82, 2.24) is 20.4 Å². The number of nitrogens with one attached hydrogen (secondary N) is 2. The van der Waals surface area contributed by atoms with Gasteiger partial charge in [0.05, 0.1) is 5.69 Å². The van der Waals surface area contributed by atoms with Gasteiger partial charge < -0.3 is 10.2 Å². The fourth-order valence-corrected chi connectivity index (χ4v) is 3.16. The number of hydrogen-bond donors (Lipinski definition) is 2. The van der Waals surface area contributed by atoms with Crippen molar-refractivity contribution >= 4 is 17.4 Å². The van der Waals surface area contributed by atoms with Gasteiger partial charge in [-0.2, -0.15) is 5.10 Å². The van der Waals surface area contributed by atoms with Crippen LogP contribution in [-0.2, 0) is 0 Å². The molecule has 0 bridgehead atoms. The zero-order valence-electron chi connectivity index (χ0n) is 15.3. The zero-order chi connectivity index (χ0) is 19.3. The molecule has 3 heterocycles. The summed E-state index contributed by atoms with van der Waals surface area (Å²) in [5.41, 5.74) is 2.11. The summed E-state index contributed by atoms with van der Waals surface area (Å²) in [4.78, 5) is 25.4. The Balaban J connectivity index is 1.43. The Labute approximate surface area is 161 Å². The first-order valence-corrected chi connectivity index (χ1v) is 9.25. The largest absolute Gasteiger partial charge is 0.355 e. The van der Waals surface area contributed by atoms with Crippen LogP contribution in [0.5, 0.6) is 0 Å². The van der Waals surface area contributed by atoms with E-state index in [4.69, 9.17) is 0 Å². The molecule has 0 saturated carbocycles. The fraction of sp³-hybridized carbons (Fsp3) is 0.250. The monoisotopic (exact) mass is 376 g/mol. The first-order valence-electron chi connectivity index (χ1n) is 9.25. The second-order valence-corrected chi connectivity index (χ2v) is 6.66. The van der Waals surface area contributed by atoms with E-state index < -0.39 is 5.91 Å². The second-order valence-electron chi connectivity index (χ2n) is 6.66. The molecule has 1 aromatic carbocycles. The van der Waals surface area contributed by atoms with Crippen LogP contribution in [0.4, 0.5) is 11.5 Å². The predicted molar refractivity (Wildman–Crippen MR) is 106 cm³/mol. The third-order valence-electron chi connectivity index (χ3n) is 4.68. The van der Waals surface area contributed by atoms with Gasteiger partial charge in [0.25, 0.3) is 11.5 Å². The van der Waals surface area contributed by atoms with Crippen molar-refractivity contribution < 1.29 is 4.79 Å². The second kappa shape index (κ2) is 7.99. The normalized spacial score (nSPS) is 13.9. The van der Waals surface area contributed by atoms with Crippen molar-refractivity contribution in [2.24, 2.45) is 0 Å². The van der Waals surface area contributed by atoms with Gasteiger partial charge in [0, 0.05) is 30.4 Å². The predicted octanol–water partition coefficient (Wildman–Crippen LogP) is 2.47. The molecule has 0 atom stereocenters. The lowest BCUT2D eigenvalue weighted by molar-refractivity contribution is 0.102. The van der Waals surface area contributed by atoms with Gasteiger partial charge in [0.15, 0.2) is 5.82 Å². The van der Waals surface area contributed by atoms with E-state index >= 15 is 0 Å². The van der Waals surface area contributed by atoms with Crippen molar-refractivity contribution in [2.75, 3.05) is 23.3 Å². The van der Waals surface area contributed by atoms with Crippen molar-refractivity contribution in [3.63, 3.8) is 0 Å². The Kier molecular flexibility index (Phi) is 5.09. The van der Waals surface area contributed by atoms with Crippen LogP contribution in [0.3, 0.4) is 0 Å². The number of piperidine rings is 1. The lowest BCUT2D eigenvalue weighted by Crippen LogP contribution is -2.30. The van der Waals surface area contributed by atoms with Crippen LogP contribution < -0.4 is 15.8 Å². The molecule has 1 saturated heterocycles. The Hall–Kier alpha value is -3.55. The quantitative estimate of drug-likeness (QED) is 0.725. The highest BCUT2D eigenvalue weighted by Gasteiger charge is 2.13. The van der Waals surface area contributed by atoms with E-state index in [1.165, 1.54) is 31.4 Å².